The first-order chi connectivity index (χ1) is 12.6. The average molecular weight is 348 g/mol. The van der Waals surface area contributed by atoms with Gasteiger partial charge in [0.05, 0.1) is 12.2 Å². The molecule has 0 N–H and O–H groups in total. The maximum Gasteiger partial charge on any atom is 0.265 e. The summed E-state index contributed by atoms with van der Waals surface area (Å²) in [5.41, 5.74) is 3.36. The molecule has 5 heteroatoms. The summed E-state index contributed by atoms with van der Waals surface area (Å²) in [4.78, 5) is 27.0. The van der Waals surface area contributed by atoms with E-state index < -0.39 is 0 Å². The molecule has 5 nitrogen and oxygen atoms in total. The van der Waals surface area contributed by atoms with Gasteiger partial charge < -0.3 is 9.30 Å². The average Bonchev–Trinajstić information content (AvgIpc) is 3.03. The van der Waals surface area contributed by atoms with Gasteiger partial charge in [0.1, 0.15) is 5.75 Å². The van der Waals surface area contributed by atoms with Crippen molar-refractivity contribution in [1.29, 1.82) is 0 Å². The molecule has 1 aliphatic rings. The zero-order valence-electron chi connectivity index (χ0n) is 14.9. The minimum atomic E-state index is -0.198. The molecule has 0 spiro atoms. The van der Waals surface area contributed by atoms with Crippen molar-refractivity contribution < 1.29 is 14.3 Å². The Labute approximate surface area is 151 Å². The number of aromatic nitrogens is 1. The van der Waals surface area contributed by atoms with E-state index in [1.165, 1.54) is 4.90 Å². The molecule has 0 atom stereocenters. The van der Waals surface area contributed by atoms with Crippen LogP contribution in [0, 0.1) is 6.92 Å². The molecule has 0 saturated heterocycles. The van der Waals surface area contributed by atoms with Gasteiger partial charge in [-0.2, -0.15) is 0 Å². The van der Waals surface area contributed by atoms with E-state index in [1.807, 2.05) is 62.5 Å². The summed E-state index contributed by atoms with van der Waals surface area (Å²) in [6.07, 6.45) is 1.88. The highest BCUT2D eigenvalue weighted by Crippen LogP contribution is 2.33. The third-order valence-corrected chi connectivity index (χ3v) is 4.79. The van der Waals surface area contributed by atoms with Crippen molar-refractivity contribution in [1.82, 2.24) is 4.57 Å². The van der Waals surface area contributed by atoms with Crippen LogP contribution < -0.4 is 9.64 Å². The van der Waals surface area contributed by atoms with Crippen LogP contribution in [0.25, 0.3) is 10.9 Å². The van der Waals surface area contributed by atoms with Crippen LogP contribution in [0.15, 0.2) is 48.7 Å². The number of para-hydroxylation sites is 1. The van der Waals surface area contributed by atoms with Gasteiger partial charge in [0.15, 0.2) is 12.4 Å². The number of anilines is 1. The number of hydrogen-bond acceptors (Lipinski definition) is 3. The molecule has 26 heavy (non-hydrogen) atoms. The first-order valence-electron chi connectivity index (χ1n) is 8.73. The van der Waals surface area contributed by atoms with Crippen molar-refractivity contribution in [3.05, 3.63) is 59.8 Å². The Kier molecular flexibility index (Phi) is 3.99. The van der Waals surface area contributed by atoms with E-state index in [9.17, 15) is 9.59 Å². The topological polar surface area (TPSA) is 51.5 Å². The van der Waals surface area contributed by atoms with Crippen LogP contribution in [-0.2, 0) is 11.3 Å². The Morgan fingerprint density at radius 3 is 2.81 bits per heavy atom. The summed E-state index contributed by atoms with van der Waals surface area (Å²) < 4.78 is 7.55. The van der Waals surface area contributed by atoms with Gasteiger partial charge in [-0.3, -0.25) is 14.5 Å². The molecule has 2 aromatic carbocycles. The minimum Gasteiger partial charge on any atom is -0.482 e. The Hall–Kier alpha value is -3.08. The second kappa shape index (κ2) is 6.33. The van der Waals surface area contributed by atoms with E-state index in [4.69, 9.17) is 4.74 Å². The highest BCUT2D eigenvalue weighted by atomic mass is 16.5. The van der Waals surface area contributed by atoms with Gasteiger partial charge in [-0.25, -0.2) is 0 Å². The first-order valence-corrected chi connectivity index (χ1v) is 8.73. The summed E-state index contributed by atoms with van der Waals surface area (Å²) in [7, 11) is 0. The van der Waals surface area contributed by atoms with E-state index in [1.54, 1.807) is 0 Å². The number of ketones is 1. The Balaban J connectivity index is 1.71. The molecule has 2 heterocycles. The van der Waals surface area contributed by atoms with Crippen LogP contribution in [0.3, 0.4) is 0 Å². The smallest absolute Gasteiger partial charge is 0.265 e. The van der Waals surface area contributed by atoms with E-state index >= 15 is 0 Å². The number of Topliss-reactive ketones (excluding diaryl/α,β-unsaturated/α-hetero) is 1. The number of hydrogen-bond donors (Lipinski definition) is 0. The van der Waals surface area contributed by atoms with Crippen LogP contribution in [0.4, 0.5) is 5.69 Å². The Bertz CT molecular complexity index is 1020. The maximum absolute atomic E-state index is 13.0. The van der Waals surface area contributed by atoms with Gasteiger partial charge >= 0.3 is 0 Å². The molecule has 0 bridgehead atoms. The first kappa shape index (κ1) is 16.4. The highest BCUT2D eigenvalue weighted by molar-refractivity contribution is 6.13. The Morgan fingerprint density at radius 2 is 2.00 bits per heavy atom. The SMILES string of the molecule is CCn1cc(C(=O)CN2C(=O)COc3ccc(C)cc32)c2ccccc21. The molecule has 0 saturated carbocycles. The van der Waals surface area contributed by atoms with E-state index in [2.05, 4.69) is 4.57 Å². The fourth-order valence-electron chi connectivity index (χ4n) is 3.44. The highest BCUT2D eigenvalue weighted by Gasteiger charge is 2.28. The lowest BCUT2D eigenvalue weighted by atomic mass is 10.1. The number of nitrogens with zero attached hydrogens (tertiary/aromatic N) is 2. The number of carbonyl (C=O) groups is 2. The summed E-state index contributed by atoms with van der Waals surface area (Å²) in [6.45, 7) is 4.75. The quantitative estimate of drug-likeness (QED) is 0.677. The van der Waals surface area contributed by atoms with Crippen LogP contribution in [0.2, 0.25) is 0 Å². The summed E-state index contributed by atoms with van der Waals surface area (Å²) in [5, 5.41) is 0.921. The van der Waals surface area contributed by atoms with Crippen LogP contribution >= 0.6 is 0 Å². The van der Waals surface area contributed by atoms with Gasteiger partial charge in [0, 0.05) is 29.2 Å². The fourth-order valence-corrected chi connectivity index (χ4v) is 3.44. The standard InChI is InChI=1S/C21H20N2O3/c1-3-22-11-16(15-6-4-5-7-17(15)22)19(24)12-23-18-10-14(2)8-9-20(18)26-13-21(23)25/h4-11H,3,12-13H2,1-2H3. The van der Waals surface area contributed by atoms with Gasteiger partial charge in [0.2, 0.25) is 0 Å². The van der Waals surface area contributed by atoms with Crippen LogP contribution in [-0.4, -0.2) is 29.4 Å². The molecule has 0 aliphatic carbocycles. The molecule has 1 aliphatic heterocycles. The number of carbonyl (C=O) groups excluding carboxylic acids is 2. The second-order valence-corrected chi connectivity index (χ2v) is 6.51. The predicted molar refractivity (Wildman–Crippen MR) is 101 cm³/mol. The lowest BCUT2D eigenvalue weighted by molar-refractivity contribution is -0.121. The number of rotatable bonds is 4. The second-order valence-electron chi connectivity index (χ2n) is 6.51. The normalized spacial score (nSPS) is 13.6. The summed E-state index contributed by atoms with van der Waals surface area (Å²) >= 11 is 0. The van der Waals surface area contributed by atoms with Crippen LogP contribution in [0.5, 0.6) is 5.75 Å². The zero-order valence-corrected chi connectivity index (χ0v) is 14.9. The van der Waals surface area contributed by atoms with Gasteiger partial charge in [-0.05, 0) is 37.6 Å². The molecular formula is C21H20N2O3. The molecule has 0 radical (unpaired) electrons. The number of aryl methyl sites for hydroxylation is 2. The third-order valence-electron chi connectivity index (χ3n) is 4.79. The van der Waals surface area contributed by atoms with E-state index in [0.717, 1.165) is 23.0 Å². The number of fused-ring (bicyclic) bond motifs is 2. The third kappa shape index (κ3) is 2.65. The minimum absolute atomic E-state index is 0.0103. The summed E-state index contributed by atoms with van der Waals surface area (Å²) in [6, 6.07) is 13.5. The van der Waals surface area contributed by atoms with Crippen molar-refractivity contribution in [2.24, 2.45) is 0 Å². The number of benzene rings is 2. The lowest BCUT2D eigenvalue weighted by Gasteiger charge is -2.29. The van der Waals surface area contributed by atoms with Crippen molar-refractivity contribution in [2.75, 3.05) is 18.1 Å². The van der Waals surface area contributed by atoms with Gasteiger partial charge in [0.25, 0.3) is 5.91 Å². The predicted octanol–water partition coefficient (Wildman–Crippen LogP) is 3.58. The van der Waals surface area contributed by atoms with Crippen molar-refractivity contribution in [2.45, 2.75) is 20.4 Å². The summed E-state index contributed by atoms with van der Waals surface area (Å²) in [5.74, 6) is 0.366. The molecule has 1 aromatic heterocycles. The molecule has 132 valence electrons. The van der Waals surface area contributed by atoms with Gasteiger partial charge in [-0.15, -0.1) is 0 Å². The Morgan fingerprint density at radius 1 is 1.19 bits per heavy atom. The monoisotopic (exact) mass is 348 g/mol. The number of amides is 1. The molecule has 3 aromatic rings. The molecule has 4 rings (SSSR count). The molecular weight excluding hydrogens is 328 g/mol. The maximum atomic E-state index is 13.0. The number of ether oxygens (including phenoxy) is 1. The largest absolute Gasteiger partial charge is 0.482 e. The van der Waals surface area contributed by atoms with Gasteiger partial charge in [-0.1, -0.05) is 24.3 Å². The van der Waals surface area contributed by atoms with Crippen molar-refractivity contribution in [3.63, 3.8) is 0 Å². The van der Waals surface area contributed by atoms with E-state index in [0.29, 0.717) is 17.0 Å². The zero-order chi connectivity index (χ0) is 18.3. The van der Waals surface area contributed by atoms with Crippen molar-refractivity contribution in [3.8, 4) is 5.75 Å². The molecule has 0 unspecified atom stereocenters. The fraction of sp³-hybridized carbons (Fsp3) is 0.238. The lowest BCUT2D eigenvalue weighted by Crippen LogP contribution is -2.42. The van der Waals surface area contributed by atoms with E-state index in [-0.39, 0.29) is 24.8 Å². The van der Waals surface area contributed by atoms with Crippen LogP contribution in [0.1, 0.15) is 22.8 Å². The van der Waals surface area contributed by atoms with Crippen molar-refractivity contribution >= 4 is 28.3 Å². The molecule has 1 amide bonds. The molecule has 0 fully saturated rings.